The maximum absolute atomic E-state index is 10.5. The van der Waals surface area contributed by atoms with Crippen molar-refractivity contribution in [1.29, 1.82) is 0 Å². The van der Waals surface area contributed by atoms with Crippen LogP contribution in [0.25, 0.3) is 6.08 Å². The Morgan fingerprint density at radius 2 is 1.91 bits per heavy atom. The number of carbonyl (C=O) groups is 1. The number of hydrogen-bond acceptors (Lipinski definition) is 1. The molecule has 0 aliphatic rings. The second-order valence-electron chi connectivity index (χ2n) is 2.35. The van der Waals surface area contributed by atoms with Gasteiger partial charge in [-0.05, 0) is 18.6 Å². The molecule has 1 rings (SSSR count). The molecule has 0 heterocycles. The average Bonchev–Trinajstić information content (AvgIpc) is 2.03. The zero-order chi connectivity index (χ0) is 8.10. The molecule has 0 spiro atoms. The zero-order valence-corrected chi connectivity index (χ0v) is 6.45. The molecule has 0 amide bonds. The Hall–Kier alpha value is -1.37. The van der Waals surface area contributed by atoms with E-state index in [4.69, 9.17) is 0 Å². The van der Waals surface area contributed by atoms with E-state index in [0.717, 1.165) is 5.56 Å². The number of carbonyl (C=O) groups excluding carboxylic acids is 1. The van der Waals surface area contributed by atoms with Crippen molar-refractivity contribution >= 4 is 11.9 Å². The summed E-state index contributed by atoms with van der Waals surface area (Å²) in [5.41, 5.74) is 1.06. The van der Waals surface area contributed by atoms with Crippen LogP contribution in [-0.2, 0) is 4.79 Å². The fourth-order valence-electron chi connectivity index (χ4n) is 0.778. The predicted molar refractivity (Wildman–Crippen MR) is 46.2 cm³/mol. The lowest BCUT2D eigenvalue weighted by atomic mass is 10.2. The molecule has 0 aliphatic carbocycles. The quantitative estimate of drug-likeness (QED) is 0.585. The van der Waals surface area contributed by atoms with Crippen LogP contribution in [0.5, 0.6) is 0 Å². The van der Waals surface area contributed by atoms with Crippen LogP contribution in [0, 0.1) is 0 Å². The molecule has 0 unspecified atom stereocenters. The average molecular weight is 146 g/mol. The van der Waals surface area contributed by atoms with Crippen LogP contribution in [-0.4, -0.2) is 5.78 Å². The van der Waals surface area contributed by atoms with Gasteiger partial charge in [0.25, 0.3) is 0 Å². The van der Waals surface area contributed by atoms with Gasteiger partial charge in [0, 0.05) is 0 Å². The van der Waals surface area contributed by atoms with E-state index < -0.39 is 0 Å². The summed E-state index contributed by atoms with van der Waals surface area (Å²) in [7, 11) is 0. The van der Waals surface area contributed by atoms with Crippen LogP contribution in [0.2, 0.25) is 0 Å². The molecular formula is C10H10O. The van der Waals surface area contributed by atoms with E-state index >= 15 is 0 Å². The van der Waals surface area contributed by atoms with Crippen molar-refractivity contribution in [2.24, 2.45) is 0 Å². The van der Waals surface area contributed by atoms with E-state index in [0.29, 0.717) is 0 Å². The third kappa shape index (κ3) is 2.80. The van der Waals surface area contributed by atoms with Crippen LogP contribution in [0.1, 0.15) is 12.5 Å². The van der Waals surface area contributed by atoms with E-state index in [-0.39, 0.29) is 5.78 Å². The molecule has 0 saturated heterocycles. The maximum atomic E-state index is 10.5. The first-order chi connectivity index (χ1) is 5.29. The molecule has 1 aromatic rings. The Morgan fingerprint density at radius 3 is 2.45 bits per heavy atom. The number of hydrogen-bond donors (Lipinski definition) is 0. The van der Waals surface area contributed by atoms with Crippen LogP contribution >= 0.6 is 0 Å². The lowest BCUT2D eigenvalue weighted by Crippen LogP contribution is -1.79. The van der Waals surface area contributed by atoms with Gasteiger partial charge in [-0.1, -0.05) is 36.4 Å². The summed E-state index contributed by atoms with van der Waals surface area (Å²) in [5, 5.41) is 0. The largest absolute Gasteiger partial charge is 0.295 e. The van der Waals surface area contributed by atoms with Crippen LogP contribution in [0.4, 0.5) is 0 Å². The van der Waals surface area contributed by atoms with E-state index in [1.165, 1.54) is 0 Å². The molecule has 1 aromatic carbocycles. The van der Waals surface area contributed by atoms with Crippen molar-refractivity contribution in [3.05, 3.63) is 42.0 Å². The third-order valence-electron chi connectivity index (χ3n) is 1.31. The van der Waals surface area contributed by atoms with Gasteiger partial charge in [-0.15, -0.1) is 0 Å². The molecule has 56 valence electrons. The Kier molecular flexibility index (Phi) is 2.61. The molecule has 0 atom stereocenters. The van der Waals surface area contributed by atoms with E-state index in [1.807, 2.05) is 36.4 Å². The zero-order valence-electron chi connectivity index (χ0n) is 6.45. The Labute approximate surface area is 66.4 Å². The van der Waals surface area contributed by atoms with Crippen molar-refractivity contribution in [3.8, 4) is 0 Å². The van der Waals surface area contributed by atoms with Gasteiger partial charge in [0.2, 0.25) is 0 Å². The van der Waals surface area contributed by atoms with Gasteiger partial charge in [0.15, 0.2) is 5.78 Å². The highest BCUT2D eigenvalue weighted by Gasteiger charge is 1.83. The normalized spacial score (nSPS) is 10.3. The standard InChI is InChI=1S/C10H10O/c1-9(11)7-8-10-5-3-2-4-6-10/h2-8H,1H3/b8-7+. The van der Waals surface area contributed by atoms with Gasteiger partial charge < -0.3 is 0 Å². The SMILES string of the molecule is CC(=O)/C=C/c1ccccc1. The predicted octanol–water partition coefficient (Wildman–Crippen LogP) is 2.29. The van der Waals surface area contributed by atoms with Crippen molar-refractivity contribution in [1.82, 2.24) is 0 Å². The van der Waals surface area contributed by atoms with Crippen molar-refractivity contribution in [2.45, 2.75) is 6.92 Å². The van der Waals surface area contributed by atoms with Crippen LogP contribution in [0.3, 0.4) is 0 Å². The summed E-state index contributed by atoms with van der Waals surface area (Å²) >= 11 is 0. The molecule has 1 heteroatoms. The number of benzene rings is 1. The minimum atomic E-state index is 0.0776. The number of rotatable bonds is 2. The van der Waals surface area contributed by atoms with Gasteiger partial charge in [-0.25, -0.2) is 0 Å². The van der Waals surface area contributed by atoms with Crippen molar-refractivity contribution in [3.63, 3.8) is 0 Å². The number of ketones is 1. The highest BCUT2D eigenvalue weighted by Crippen LogP contribution is 2.00. The molecule has 0 aliphatic heterocycles. The van der Waals surface area contributed by atoms with Crippen molar-refractivity contribution in [2.75, 3.05) is 0 Å². The lowest BCUT2D eigenvalue weighted by Gasteiger charge is -1.88. The van der Waals surface area contributed by atoms with Gasteiger partial charge >= 0.3 is 0 Å². The minimum absolute atomic E-state index is 0.0776. The summed E-state index contributed by atoms with van der Waals surface area (Å²) in [4.78, 5) is 10.5. The molecule has 1 nitrogen and oxygen atoms in total. The van der Waals surface area contributed by atoms with Gasteiger partial charge in [-0.3, -0.25) is 4.79 Å². The molecule has 0 aromatic heterocycles. The fourth-order valence-corrected chi connectivity index (χ4v) is 0.778. The first-order valence-corrected chi connectivity index (χ1v) is 3.53. The summed E-state index contributed by atoms with van der Waals surface area (Å²) in [6.45, 7) is 1.54. The molecular weight excluding hydrogens is 136 g/mol. The molecule has 0 radical (unpaired) electrons. The summed E-state index contributed by atoms with van der Waals surface area (Å²) in [6, 6.07) is 9.75. The number of allylic oxidation sites excluding steroid dienone is 1. The maximum Gasteiger partial charge on any atom is 0.152 e. The highest BCUT2D eigenvalue weighted by molar-refractivity contribution is 5.91. The molecule has 0 bridgehead atoms. The minimum Gasteiger partial charge on any atom is -0.295 e. The highest BCUT2D eigenvalue weighted by atomic mass is 16.1. The van der Waals surface area contributed by atoms with Crippen LogP contribution < -0.4 is 0 Å². The first kappa shape index (κ1) is 7.73. The Bertz CT molecular complexity index is 259. The van der Waals surface area contributed by atoms with Crippen molar-refractivity contribution < 1.29 is 4.79 Å². The van der Waals surface area contributed by atoms with Gasteiger partial charge in [0.05, 0.1) is 0 Å². The van der Waals surface area contributed by atoms with E-state index in [2.05, 4.69) is 0 Å². The summed E-state index contributed by atoms with van der Waals surface area (Å²) < 4.78 is 0. The fraction of sp³-hybridized carbons (Fsp3) is 0.100. The Balaban J connectivity index is 2.72. The van der Waals surface area contributed by atoms with E-state index in [1.54, 1.807) is 13.0 Å². The molecule has 0 N–H and O–H groups in total. The summed E-state index contributed by atoms with van der Waals surface area (Å²) in [6.07, 6.45) is 3.37. The molecule has 11 heavy (non-hydrogen) atoms. The van der Waals surface area contributed by atoms with E-state index in [9.17, 15) is 4.79 Å². The first-order valence-electron chi connectivity index (χ1n) is 3.53. The van der Waals surface area contributed by atoms with Gasteiger partial charge in [0.1, 0.15) is 0 Å². The smallest absolute Gasteiger partial charge is 0.152 e. The monoisotopic (exact) mass is 146 g/mol. The molecule has 0 saturated carbocycles. The molecule has 0 fully saturated rings. The second kappa shape index (κ2) is 3.71. The third-order valence-corrected chi connectivity index (χ3v) is 1.31. The second-order valence-corrected chi connectivity index (χ2v) is 2.35. The lowest BCUT2D eigenvalue weighted by molar-refractivity contribution is -0.112. The topological polar surface area (TPSA) is 17.1 Å². The van der Waals surface area contributed by atoms with Gasteiger partial charge in [-0.2, -0.15) is 0 Å². The van der Waals surface area contributed by atoms with Crippen LogP contribution in [0.15, 0.2) is 36.4 Å². The Morgan fingerprint density at radius 1 is 1.27 bits per heavy atom. The summed E-state index contributed by atoms with van der Waals surface area (Å²) in [5.74, 6) is 0.0776.